The summed E-state index contributed by atoms with van der Waals surface area (Å²) in [5, 5.41) is 17.9. The number of hydrogen-bond donors (Lipinski definition) is 2. The molecule has 0 aromatic rings. The lowest BCUT2D eigenvalue weighted by atomic mass is 10.4. The van der Waals surface area contributed by atoms with Crippen LogP contribution in [0, 0.1) is 0 Å². The van der Waals surface area contributed by atoms with Gasteiger partial charge in [0.2, 0.25) is 0 Å². The molecular weight excluding hydrogens is 210 g/mol. The molecule has 0 saturated heterocycles. The standard InChI is InChI=1S/C11H25NO4/c1-10(13)8-15-6-4-12(3)5-7-16-9-11(2)14/h10-11,13-14H,4-9H2,1-3H3. The van der Waals surface area contributed by atoms with E-state index in [9.17, 15) is 0 Å². The number of ether oxygens (including phenoxy) is 2. The molecule has 0 aliphatic heterocycles. The second kappa shape index (κ2) is 9.99. The second-order valence-corrected chi connectivity index (χ2v) is 4.15. The molecule has 0 saturated carbocycles. The summed E-state index contributed by atoms with van der Waals surface area (Å²) >= 11 is 0. The molecule has 98 valence electrons. The predicted octanol–water partition coefficient (Wildman–Crippen LogP) is -0.287. The third-order valence-electron chi connectivity index (χ3n) is 1.95. The SMILES string of the molecule is CC(O)COCCN(C)CCOCC(C)O. The zero-order valence-corrected chi connectivity index (χ0v) is 10.6. The number of nitrogens with zero attached hydrogens (tertiary/aromatic N) is 1. The van der Waals surface area contributed by atoms with E-state index in [1.165, 1.54) is 0 Å². The molecular formula is C11H25NO4. The summed E-state index contributed by atoms with van der Waals surface area (Å²) in [7, 11) is 1.98. The van der Waals surface area contributed by atoms with Gasteiger partial charge in [-0.1, -0.05) is 0 Å². The highest BCUT2D eigenvalue weighted by molar-refractivity contribution is 4.51. The highest BCUT2D eigenvalue weighted by atomic mass is 16.5. The summed E-state index contributed by atoms with van der Waals surface area (Å²) in [6.07, 6.45) is -0.806. The highest BCUT2D eigenvalue weighted by Crippen LogP contribution is 1.88. The molecule has 5 heteroatoms. The maximum atomic E-state index is 8.96. The first-order chi connectivity index (χ1) is 7.52. The van der Waals surface area contributed by atoms with Gasteiger partial charge in [-0.15, -0.1) is 0 Å². The average Bonchev–Trinajstić information content (AvgIpc) is 2.19. The van der Waals surface area contributed by atoms with Gasteiger partial charge < -0.3 is 24.6 Å². The third kappa shape index (κ3) is 11.9. The molecule has 0 aromatic carbocycles. The van der Waals surface area contributed by atoms with Crippen LogP contribution in [0.15, 0.2) is 0 Å². The Morgan fingerprint density at radius 2 is 1.31 bits per heavy atom. The fraction of sp³-hybridized carbons (Fsp3) is 1.00. The fourth-order valence-corrected chi connectivity index (χ4v) is 1.06. The van der Waals surface area contributed by atoms with Crippen molar-refractivity contribution in [1.82, 2.24) is 4.90 Å². The van der Waals surface area contributed by atoms with Gasteiger partial charge in [0.1, 0.15) is 0 Å². The van der Waals surface area contributed by atoms with Crippen LogP contribution in [0.1, 0.15) is 13.8 Å². The highest BCUT2D eigenvalue weighted by Gasteiger charge is 2.01. The number of aliphatic hydroxyl groups is 2. The Morgan fingerprint density at radius 1 is 0.938 bits per heavy atom. The molecule has 16 heavy (non-hydrogen) atoms. The summed E-state index contributed by atoms with van der Waals surface area (Å²) in [6, 6.07) is 0. The first-order valence-corrected chi connectivity index (χ1v) is 5.72. The molecule has 0 aliphatic rings. The summed E-state index contributed by atoms with van der Waals surface area (Å²) in [4.78, 5) is 2.09. The smallest absolute Gasteiger partial charge is 0.0745 e. The van der Waals surface area contributed by atoms with Crippen LogP contribution in [0.5, 0.6) is 0 Å². The minimum Gasteiger partial charge on any atom is -0.391 e. The van der Waals surface area contributed by atoms with Gasteiger partial charge in [0.05, 0.1) is 38.6 Å². The van der Waals surface area contributed by atoms with E-state index in [1.54, 1.807) is 13.8 Å². The minimum atomic E-state index is -0.403. The fourth-order valence-electron chi connectivity index (χ4n) is 1.06. The Morgan fingerprint density at radius 3 is 1.62 bits per heavy atom. The van der Waals surface area contributed by atoms with E-state index < -0.39 is 12.2 Å². The first-order valence-electron chi connectivity index (χ1n) is 5.72. The maximum absolute atomic E-state index is 8.96. The molecule has 2 atom stereocenters. The van der Waals surface area contributed by atoms with Crippen LogP contribution in [0.4, 0.5) is 0 Å². The normalized spacial score (nSPS) is 15.4. The molecule has 0 heterocycles. The number of likely N-dealkylation sites (N-methyl/N-ethyl adjacent to an activating group) is 1. The van der Waals surface area contributed by atoms with Crippen molar-refractivity contribution in [2.75, 3.05) is 46.6 Å². The summed E-state index contributed by atoms with van der Waals surface area (Å²) in [5.74, 6) is 0. The molecule has 0 aliphatic carbocycles. The Labute approximate surface area is 98.0 Å². The maximum Gasteiger partial charge on any atom is 0.0745 e. The molecule has 2 unspecified atom stereocenters. The zero-order valence-electron chi connectivity index (χ0n) is 10.6. The van der Waals surface area contributed by atoms with Gasteiger partial charge in [0.15, 0.2) is 0 Å². The molecule has 0 bridgehead atoms. The summed E-state index contributed by atoms with van der Waals surface area (Å²) in [5.41, 5.74) is 0. The van der Waals surface area contributed by atoms with Crippen LogP contribution in [-0.4, -0.2) is 73.9 Å². The van der Waals surface area contributed by atoms with Crippen LogP contribution in [0.2, 0.25) is 0 Å². The number of rotatable bonds is 10. The van der Waals surface area contributed by atoms with Crippen LogP contribution < -0.4 is 0 Å². The molecule has 0 spiro atoms. The number of aliphatic hydroxyl groups excluding tert-OH is 2. The minimum absolute atomic E-state index is 0.381. The van der Waals surface area contributed by atoms with Crippen LogP contribution in [-0.2, 0) is 9.47 Å². The van der Waals surface area contributed by atoms with E-state index in [2.05, 4.69) is 4.90 Å². The summed E-state index contributed by atoms with van der Waals surface area (Å²) in [6.45, 7) is 7.01. The monoisotopic (exact) mass is 235 g/mol. The van der Waals surface area contributed by atoms with E-state index in [4.69, 9.17) is 19.7 Å². The van der Waals surface area contributed by atoms with Crippen molar-refractivity contribution in [3.8, 4) is 0 Å². The van der Waals surface area contributed by atoms with Gasteiger partial charge in [0.25, 0.3) is 0 Å². The topological polar surface area (TPSA) is 62.2 Å². The summed E-state index contributed by atoms with van der Waals surface area (Å²) < 4.78 is 10.5. The van der Waals surface area contributed by atoms with E-state index in [0.29, 0.717) is 26.4 Å². The van der Waals surface area contributed by atoms with Gasteiger partial charge in [0, 0.05) is 13.1 Å². The van der Waals surface area contributed by atoms with E-state index in [0.717, 1.165) is 13.1 Å². The lowest BCUT2D eigenvalue weighted by Crippen LogP contribution is -2.28. The van der Waals surface area contributed by atoms with Crippen molar-refractivity contribution in [3.63, 3.8) is 0 Å². The van der Waals surface area contributed by atoms with E-state index >= 15 is 0 Å². The first kappa shape index (κ1) is 15.8. The van der Waals surface area contributed by atoms with Gasteiger partial charge in [-0.3, -0.25) is 0 Å². The third-order valence-corrected chi connectivity index (χ3v) is 1.95. The molecule has 0 rings (SSSR count). The second-order valence-electron chi connectivity index (χ2n) is 4.15. The van der Waals surface area contributed by atoms with Crippen LogP contribution >= 0.6 is 0 Å². The van der Waals surface area contributed by atoms with E-state index in [1.807, 2.05) is 7.05 Å². The largest absolute Gasteiger partial charge is 0.391 e. The van der Waals surface area contributed by atoms with Crippen molar-refractivity contribution >= 4 is 0 Å². The van der Waals surface area contributed by atoms with Crippen LogP contribution in [0.25, 0.3) is 0 Å². The lowest BCUT2D eigenvalue weighted by molar-refractivity contribution is 0.0232. The Hall–Kier alpha value is -0.200. The van der Waals surface area contributed by atoms with Crippen molar-refractivity contribution in [3.05, 3.63) is 0 Å². The molecule has 0 aromatic heterocycles. The van der Waals surface area contributed by atoms with Crippen molar-refractivity contribution in [2.45, 2.75) is 26.1 Å². The van der Waals surface area contributed by atoms with Gasteiger partial charge in [-0.05, 0) is 20.9 Å². The molecule has 0 fully saturated rings. The number of hydrogen-bond acceptors (Lipinski definition) is 5. The van der Waals surface area contributed by atoms with Crippen molar-refractivity contribution in [1.29, 1.82) is 0 Å². The molecule has 0 amide bonds. The zero-order chi connectivity index (χ0) is 12.4. The predicted molar refractivity (Wildman–Crippen MR) is 62.5 cm³/mol. The molecule has 2 N–H and O–H groups in total. The Balaban J connectivity index is 3.21. The van der Waals surface area contributed by atoms with Crippen molar-refractivity contribution < 1.29 is 19.7 Å². The molecule has 0 radical (unpaired) electrons. The molecule has 5 nitrogen and oxygen atoms in total. The Bertz CT molecular complexity index is 137. The van der Waals surface area contributed by atoms with Crippen LogP contribution in [0.3, 0.4) is 0 Å². The van der Waals surface area contributed by atoms with E-state index in [-0.39, 0.29) is 0 Å². The van der Waals surface area contributed by atoms with Crippen molar-refractivity contribution in [2.24, 2.45) is 0 Å². The quantitative estimate of drug-likeness (QED) is 0.510. The van der Waals surface area contributed by atoms with Gasteiger partial charge in [-0.25, -0.2) is 0 Å². The average molecular weight is 235 g/mol. The van der Waals surface area contributed by atoms with Gasteiger partial charge in [-0.2, -0.15) is 0 Å². The van der Waals surface area contributed by atoms with Gasteiger partial charge >= 0.3 is 0 Å². The Kier molecular flexibility index (Phi) is 9.86. The lowest BCUT2D eigenvalue weighted by Gasteiger charge is -2.17.